The monoisotopic (exact) mass is 251 g/mol. The third kappa shape index (κ3) is 3.27. The van der Waals surface area contributed by atoms with Gasteiger partial charge in [-0.2, -0.15) is 4.99 Å². The van der Waals surface area contributed by atoms with Crippen molar-refractivity contribution in [2.24, 2.45) is 10.7 Å². The maximum absolute atomic E-state index is 10.9. The normalized spacial score (nSPS) is 24.5. The molecule has 2 atom stereocenters. The molecule has 0 spiro atoms. The van der Waals surface area contributed by atoms with Gasteiger partial charge in [-0.05, 0) is 6.42 Å². The van der Waals surface area contributed by atoms with Crippen molar-refractivity contribution in [1.82, 2.24) is 0 Å². The molecule has 0 aliphatic carbocycles. The fourth-order valence-corrected chi connectivity index (χ4v) is 1.94. The second kappa shape index (κ2) is 6.47. The van der Waals surface area contributed by atoms with Crippen LogP contribution in [0, 0.1) is 0 Å². The van der Waals surface area contributed by atoms with Crippen LogP contribution in [0.2, 0.25) is 0 Å². The molecule has 0 amide bonds. The number of carboxylic acid groups (broad SMARTS) is 1. The van der Waals surface area contributed by atoms with Gasteiger partial charge in [0.1, 0.15) is 18.9 Å². The van der Waals surface area contributed by atoms with E-state index >= 15 is 0 Å². The standard InChI is InChI=1S/C13H21N3O2/c1-3-4-5-6-7-12-15-8-9-16(12,11(2)14)10-13(17)18/h6-9,11H,3-5,10,14H2,1-2H3/b7-6+. The van der Waals surface area contributed by atoms with Crippen molar-refractivity contribution in [3.8, 4) is 0 Å². The molecule has 0 aromatic rings. The number of rotatable bonds is 7. The first kappa shape index (κ1) is 14.6. The Morgan fingerprint density at radius 3 is 2.94 bits per heavy atom. The summed E-state index contributed by atoms with van der Waals surface area (Å²) in [4.78, 5) is 15.1. The summed E-state index contributed by atoms with van der Waals surface area (Å²) in [6.45, 7) is 3.71. The largest absolute Gasteiger partial charge is 0.544 e. The number of nitrogens with two attached hydrogens (primary N) is 1. The van der Waals surface area contributed by atoms with Crippen molar-refractivity contribution in [2.75, 3.05) is 6.54 Å². The lowest BCUT2D eigenvalue weighted by Crippen LogP contribution is -2.60. The molecular formula is C13H21N3O2. The smallest absolute Gasteiger partial charge is 0.233 e. The molecule has 18 heavy (non-hydrogen) atoms. The Morgan fingerprint density at radius 2 is 2.39 bits per heavy atom. The molecule has 1 heterocycles. The lowest BCUT2D eigenvalue weighted by molar-refractivity contribution is -0.805. The fraction of sp³-hybridized carbons (Fsp3) is 0.538. The summed E-state index contributed by atoms with van der Waals surface area (Å²) in [5.41, 5.74) is 5.92. The van der Waals surface area contributed by atoms with Crippen LogP contribution in [0.5, 0.6) is 0 Å². The number of carboxylic acids is 1. The van der Waals surface area contributed by atoms with Gasteiger partial charge in [0.25, 0.3) is 0 Å². The van der Waals surface area contributed by atoms with Gasteiger partial charge in [0.15, 0.2) is 0 Å². The van der Waals surface area contributed by atoms with E-state index in [0.717, 1.165) is 19.3 Å². The average Bonchev–Trinajstić information content (AvgIpc) is 2.68. The van der Waals surface area contributed by atoms with Crippen LogP contribution >= 0.6 is 0 Å². The van der Waals surface area contributed by atoms with E-state index in [-0.39, 0.29) is 17.2 Å². The van der Waals surface area contributed by atoms with Crippen LogP contribution in [-0.2, 0) is 4.79 Å². The maximum atomic E-state index is 10.9. The van der Waals surface area contributed by atoms with Crippen LogP contribution < -0.4 is 10.8 Å². The van der Waals surface area contributed by atoms with Gasteiger partial charge >= 0.3 is 0 Å². The third-order valence-electron chi connectivity index (χ3n) is 3.07. The summed E-state index contributed by atoms with van der Waals surface area (Å²) in [6.07, 6.45) is 10.0. The number of aliphatic imine (C=N–C) groups is 1. The van der Waals surface area contributed by atoms with Crippen molar-refractivity contribution in [3.05, 3.63) is 24.6 Å². The lowest BCUT2D eigenvalue weighted by atomic mass is 10.2. The Balaban J connectivity index is 2.83. The van der Waals surface area contributed by atoms with Gasteiger partial charge in [-0.1, -0.05) is 25.8 Å². The lowest BCUT2D eigenvalue weighted by Gasteiger charge is -2.35. The summed E-state index contributed by atoms with van der Waals surface area (Å²) in [5, 5.41) is 10.9. The summed E-state index contributed by atoms with van der Waals surface area (Å²) < 4.78 is 0.0188. The molecule has 5 heteroatoms. The molecule has 0 fully saturated rings. The zero-order chi connectivity index (χ0) is 13.6. The highest BCUT2D eigenvalue weighted by molar-refractivity contribution is 5.90. The molecule has 100 valence electrons. The quantitative estimate of drug-likeness (QED) is 0.528. The topological polar surface area (TPSA) is 78.5 Å². The van der Waals surface area contributed by atoms with Gasteiger partial charge in [-0.25, -0.2) is 4.48 Å². The number of nitrogens with zero attached hydrogens (tertiary/aromatic N) is 2. The molecule has 0 radical (unpaired) electrons. The number of hydrogen-bond donors (Lipinski definition) is 1. The van der Waals surface area contributed by atoms with Crippen molar-refractivity contribution < 1.29 is 14.4 Å². The Morgan fingerprint density at radius 1 is 1.67 bits per heavy atom. The SMILES string of the molecule is CCCC/C=C/C1=NC=C[N+]1(CC(=O)[O-])C(C)N. The Bertz CT molecular complexity index is 386. The zero-order valence-electron chi connectivity index (χ0n) is 11.0. The second-order valence-electron chi connectivity index (χ2n) is 4.53. The number of amidine groups is 1. The molecule has 0 bridgehead atoms. The molecule has 2 N–H and O–H groups in total. The van der Waals surface area contributed by atoms with Crippen LogP contribution in [-0.4, -0.2) is 29.0 Å². The third-order valence-corrected chi connectivity index (χ3v) is 3.07. The minimum atomic E-state index is -1.13. The molecule has 0 aromatic heterocycles. The Hall–Kier alpha value is -1.46. The zero-order valence-corrected chi connectivity index (χ0v) is 11.0. The van der Waals surface area contributed by atoms with Crippen molar-refractivity contribution in [2.45, 2.75) is 39.3 Å². The van der Waals surface area contributed by atoms with Crippen LogP contribution in [0.15, 0.2) is 29.5 Å². The van der Waals surface area contributed by atoms with E-state index in [0.29, 0.717) is 5.84 Å². The highest BCUT2D eigenvalue weighted by Crippen LogP contribution is 2.20. The van der Waals surface area contributed by atoms with E-state index in [2.05, 4.69) is 11.9 Å². The fourth-order valence-electron chi connectivity index (χ4n) is 1.94. The van der Waals surface area contributed by atoms with E-state index in [4.69, 9.17) is 5.73 Å². The highest BCUT2D eigenvalue weighted by Gasteiger charge is 2.37. The van der Waals surface area contributed by atoms with Crippen LogP contribution in [0.25, 0.3) is 0 Å². The van der Waals surface area contributed by atoms with Crippen molar-refractivity contribution in [3.63, 3.8) is 0 Å². The van der Waals surface area contributed by atoms with Gasteiger partial charge in [-0.15, -0.1) is 0 Å². The molecular weight excluding hydrogens is 230 g/mol. The van der Waals surface area contributed by atoms with Crippen LogP contribution in [0.4, 0.5) is 0 Å². The Labute approximate surface area is 108 Å². The van der Waals surface area contributed by atoms with Gasteiger partial charge in [-0.3, -0.25) is 5.73 Å². The van der Waals surface area contributed by atoms with Gasteiger partial charge < -0.3 is 9.90 Å². The maximum Gasteiger partial charge on any atom is 0.233 e. The summed E-state index contributed by atoms with van der Waals surface area (Å²) in [5.74, 6) is -0.473. The van der Waals surface area contributed by atoms with Crippen molar-refractivity contribution in [1.29, 1.82) is 0 Å². The molecule has 1 aliphatic rings. The number of allylic oxidation sites excluding steroid dienone is 1. The van der Waals surface area contributed by atoms with Crippen molar-refractivity contribution >= 4 is 11.8 Å². The minimum absolute atomic E-state index is 0.0188. The predicted octanol–water partition coefficient (Wildman–Crippen LogP) is 0.488. The molecule has 0 saturated heterocycles. The van der Waals surface area contributed by atoms with Gasteiger partial charge in [0.2, 0.25) is 5.84 Å². The number of aliphatic carboxylic acids is 1. The number of unbranched alkanes of at least 4 members (excludes halogenated alkanes) is 2. The number of carbonyl (C=O) groups is 1. The van der Waals surface area contributed by atoms with E-state index in [1.807, 2.05) is 12.2 Å². The summed E-state index contributed by atoms with van der Waals surface area (Å²) >= 11 is 0. The molecule has 2 unspecified atom stereocenters. The molecule has 0 aromatic carbocycles. The van der Waals surface area contributed by atoms with E-state index < -0.39 is 5.97 Å². The average molecular weight is 251 g/mol. The molecule has 1 aliphatic heterocycles. The van der Waals surface area contributed by atoms with Crippen LogP contribution in [0.3, 0.4) is 0 Å². The summed E-state index contributed by atoms with van der Waals surface area (Å²) in [6, 6.07) is 0. The number of carbonyl (C=O) groups excluding carboxylic acids is 1. The van der Waals surface area contributed by atoms with E-state index in [1.165, 1.54) is 0 Å². The minimum Gasteiger partial charge on any atom is -0.544 e. The number of hydrogen-bond acceptors (Lipinski definition) is 4. The summed E-state index contributed by atoms with van der Waals surface area (Å²) in [7, 11) is 0. The number of quaternary nitrogens is 1. The first-order valence-electron chi connectivity index (χ1n) is 6.28. The van der Waals surface area contributed by atoms with Crippen LogP contribution in [0.1, 0.15) is 33.1 Å². The van der Waals surface area contributed by atoms with Gasteiger partial charge in [0, 0.05) is 13.0 Å². The Kier molecular flexibility index (Phi) is 5.25. The van der Waals surface area contributed by atoms with Gasteiger partial charge in [0.05, 0.1) is 12.2 Å². The highest BCUT2D eigenvalue weighted by atomic mass is 16.4. The van der Waals surface area contributed by atoms with E-state index in [1.54, 1.807) is 19.3 Å². The first-order valence-corrected chi connectivity index (χ1v) is 6.28. The predicted molar refractivity (Wildman–Crippen MR) is 69.0 cm³/mol. The first-order chi connectivity index (χ1) is 8.53. The molecule has 1 rings (SSSR count). The second-order valence-corrected chi connectivity index (χ2v) is 4.53. The molecule has 0 saturated carbocycles. The molecule has 5 nitrogen and oxygen atoms in total. The van der Waals surface area contributed by atoms with E-state index in [9.17, 15) is 9.90 Å².